The fourth-order valence-electron chi connectivity index (χ4n) is 2.82. The largest absolute Gasteiger partial charge is 0.493 e. The molecule has 0 atom stereocenters. The fraction of sp³-hybridized carbons (Fsp3) is 0.286. The molecule has 0 N–H and O–H groups in total. The van der Waals surface area contributed by atoms with Crippen LogP contribution in [0.25, 0.3) is 11.5 Å². The third-order valence-electron chi connectivity index (χ3n) is 4.59. The van der Waals surface area contributed by atoms with Crippen LogP contribution in [0.4, 0.5) is 4.39 Å². The molecule has 0 aliphatic carbocycles. The number of hydrogen-bond donors (Lipinski definition) is 0. The van der Waals surface area contributed by atoms with E-state index in [1.54, 1.807) is 21.3 Å². The number of benzene rings is 2. The average Bonchev–Trinajstić information content (AvgIpc) is 3.12. The van der Waals surface area contributed by atoms with Crippen molar-refractivity contribution in [2.24, 2.45) is 0 Å². The van der Waals surface area contributed by atoms with Crippen LogP contribution in [0.1, 0.15) is 5.56 Å². The number of ether oxygens (including phenoxy) is 2. The summed E-state index contributed by atoms with van der Waals surface area (Å²) < 4.78 is 29.6. The van der Waals surface area contributed by atoms with E-state index in [4.69, 9.17) is 13.9 Å². The fourth-order valence-corrected chi connectivity index (χ4v) is 2.82. The summed E-state index contributed by atoms with van der Waals surface area (Å²) in [4.78, 5) is 26.0. The van der Waals surface area contributed by atoms with Gasteiger partial charge in [-0.15, -0.1) is 5.10 Å². The molecule has 0 spiro atoms. The minimum atomic E-state index is -0.754. The topological polar surface area (TPSA) is 86.8 Å². The summed E-state index contributed by atoms with van der Waals surface area (Å²) in [5.41, 5.74) is 1.42. The lowest BCUT2D eigenvalue weighted by Gasteiger charge is -2.17. The lowest BCUT2D eigenvalue weighted by molar-refractivity contribution is -0.130. The van der Waals surface area contributed by atoms with Gasteiger partial charge in [0.05, 0.1) is 14.2 Å². The smallest absolute Gasteiger partial charge is 0.437 e. The van der Waals surface area contributed by atoms with Gasteiger partial charge in [-0.3, -0.25) is 4.79 Å². The van der Waals surface area contributed by atoms with Crippen LogP contribution in [0.15, 0.2) is 51.7 Å². The van der Waals surface area contributed by atoms with E-state index in [-0.39, 0.29) is 18.3 Å². The van der Waals surface area contributed by atoms with E-state index < -0.39 is 11.6 Å². The van der Waals surface area contributed by atoms with Crippen LogP contribution >= 0.6 is 0 Å². The van der Waals surface area contributed by atoms with Gasteiger partial charge in [-0.25, -0.2) is 9.18 Å². The molecule has 8 nitrogen and oxygen atoms in total. The molecule has 0 radical (unpaired) electrons. The molecule has 0 fully saturated rings. The molecule has 1 aromatic heterocycles. The second kappa shape index (κ2) is 9.25. The first-order chi connectivity index (χ1) is 14.4. The number of amides is 1. The van der Waals surface area contributed by atoms with E-state index in [0.717, 1.165) is 10.2 Å². The first-order valence-electron chi connectivity index (χ1n) is 9.20. The van der Waals surface area contributed by atoms with Crippen LogP contribution in [-0.2, 0) is 17.8 Å². The van der Waals surface area contributed by atoms with Crippen LogP contribution in [0, 0.1) is 5.82 Å². The molecule has 3 rings (SSSR count). The lowest BCUT2D eigenvalue weighted by atomic mass is 10.1. The maximum absolute atomic E-state index is 13.0. The predicted octanol–water partition coefficient (Wildman–Crippen LogP) is 2.36. The SMILES string of the molecule is COc1ccc(CCN(C)C(=O)Cn2nc(-c3ccc(F)cc3)oc2=O)cc1OC. The monoisotopic (exact) mass is 415 g/mol. The van der Waals surface area contributed by atoms with Crippen LogP contribution in [0.5, 0.6) is 11.5 Å². The number of aromatic nitrogens is 2. The highest BCUT2D eigenvalue weighted by Crippen LogP contribution is 2.27. The number of hydrogen-bond acceptors (Lipinski definition) is 6. The molecule has 3 aromatic rings. The first-order valence-corrected chi connectivity index (χ1v) is 9.20. The first kappa shape index (κ1) is 21.1. The molecule has 0 saturated carbocycles. The van der Waals surface area contributed by atoms with E-state index in [9.17, 15) is 14.0 Å². The maximum atomic E-state index is 13.0. The lowest BCUT2D eigenvalue weighted by Crippen LogP contribution is -2.34. The summed E-state index contributed by atoms with van der Waals surface area (Å²) in [6, 6.07) is 10.9. The number of methoxy groups -OCH3 is 2. The molecule has 0 aliphatic heterocycles. The highest BCUT2D eigenvalue weighted by Gasteiger charge is 2.16. The summed E-state index contributed by atoms with van der Waals surface area (Å²) >= 11 is 0. The Bertz CT molecular complexity index is 1070. The Morgan fingerprint density at radius 3 is 2.50 bits per heavy atom. The Hall–Kier alpha value is -3.62. The van der Waals surface area contributed by atoms with E-state index in [1.807, 2.05) is 18.2 Å². The molecule has 158 valence electrons. The van der Waals surface area contributed by atoms with Gasteiger partial charge in [-0.2, -0.15) is 4.68 Å². The summed E-state index contributed by atoms with van der Waals surface area (Å²) in [5.74, 6) is -0.181. The van der Waals surface area contributed by atoms with E-state index in [1.165, 1.54) is 29.2 Å². The molecule has 30 heavy (non-hydrogen) atoms. The standard InChI is InChI=1S/C21H22FN3O5/c1-24(11-10-14-4-9-17(28-2)18(12-14)29-3)19(26)13-25-21(27)30-20(23-25)15-5-7-16(22)8-6-15/h4-9,12H,10-11,13H2,1-3H3. The maximum Gasteiger partial charge on any atom is 0.437 e. The summed E-state index contributed by atoms with van der Waals surface area (Å²) in [6.07, 6.45) is 0.594. The third kappa shape index (κ3) is 4.86. The van der Waals surface area contributed by atoms with Crippen molar-refractivity contribution >= 4 is 5.91 Å². The summed E-state index contributed by atoms with van der Waals surface area (Å²) in [5, 5.41) is 4.03. The molecular formula is C21H22FN3O5. The van der Waals surface area contributed by atoms with Gasteiger partial charge in [0, 0.05) is 19.2 Å². The van der Waals surface area contributed by atoms with Crippen LogP contribution in [0.3, 0.4) is 0 Å². The normalized spacial score (nSPS) is 10.7. The number of rotatable bonds is 8. The van der Waals surface area contributed by atoms with Gasteiger partial charge in [0.2, 0.25) is 11.8 Å². The van der Waals surface area contributed by atoms with Crippen LogP contribution in [-0.4, -0.2) is 48.4 Å². The quantitative estimate of drug-likeness (QED) is 0.561. The molecule has 1 heterocycles. The summed E-state index contributed by atoms with van der Waals surface area (Å²) in [7, 11) is 4.78. The number of carbonyl (C=O) groups is 1. The molecule has 0 bridgehead atoms. The molecule has 2 aromatic carbocycles. The highest BCUT2D eigenvalue weighted by atomic mass is 19.1. The van der Waals surface area contributed by atoms with Crippen molar-refractivity contribution in [1.82, 2.24) is 14.7 Å². The van der Waals surface area contributed by atoms with Crippen molar-refractivity contribution in [2.75, 3.05) is 27.8 Å². The molecule has 0 aliphatic rings. The van der Waals surface area contributed by atoms with E-state index in [2.05, 4.69) is 5.10 Å². The molecule has 1 amide bonds. The van der Waals surface area contributed by atoms with Gasteiger partial charge >= 0.3 is 5.76 Å². The highest BCUT2D eigenvalue weighted by molar-refractivity contribution is 5.75. The molecule has 0 saturated heterocycles. The molecular weight excluding hydrogens is 393 g/mol. The van der Waals surface area contributed by atoms with Gasteiger partial charge in [-0.05, 0) is 48.4 Å². The minimum Gasteiger partial charge on any atom is -0.493 e. The van der Waals surface area contributed by atoms with Crippen molar-refractivity contribution in [3.63, 3.8) is 0 Å². The van der Waals surface area contributed by atoms with Gasteiger partial charge in [0.15, 0.2) is 11.5 Å². The van der Waals surface area contributed by atoms with Crippen molar-refractivity contribution in [1.29, 1.82) is 0 Å². The third-order valence-corrected chi connectivity index (χ3v) is 4.59. The van der Waals surface area contributed by atoms with Crippen LogP contribution in [0.2, 0.25) is 0 Å². The zero-order valence-electron chi connectivity index (χ0n) is 16.9. The zero-order valence-corrected chi connectivity index (χ0v) is 16.9. The Morgan fingerprint density at radius 1 is 1.13 bits per heavy atom. The average molecular weight is 415 g/mol. The van der Waals surface area contributed by atoms with Gasteiger partial charge in [0.1, 0.15) is 12.4 Å². The number of likely N-dealkylation sites (N-methyl/N-ethyl adjacent to an activating group) is 1. The second-order valence-corrected chi connectivity index (χ2v) is 6.59. The van der Waals surface area contributed by atoms with Gasteiger partial charge in [-0.1, -0.05) is 6.07 Å². The zero-order chi connectivity index (χ0) is 21.7. The number of nitrogens with zero attached hydrogens (tertiary/aromatic N) is 3. The van der Waals surface area contributed by atoms with Crippen molar-refractivity contribution < 1.29 is 23.1 Å². The van der Waals surface area contributed by atoms with Crippen molar-refractivity contribution in [3.8, 4) is 23.0 Å². The van der Waals surface area contributed by atoms with E-state index in [0.29, 0.717) is 30.0 Å². The summed E-state index contributed by atoms with van der Waals surface area (Å²) in [6.45, 7) is 0.178. The Labute approximate surface area is 172 Å². The van der Waals surface area contributed by atoms with E-state index >= 15 is 0 Å². The Morgan fingerprint density at radius 2 is 1.83 bits per heavy atom. The van der Waals surface area contributed by atoms with Gasteiger partial charge < -0.3 is 18.8 Å². The minimum absolute atomic E-state index is 0.0285. The Balaban J connectivity index is 1.62. The van der Waals surface area contributed by atoms with Crippen molar-refractivity contribution in [3.05, 3.63) is 64.4 Å². The predicted molar refractivity (Wildman–Crippen MR) is 107 cm³/mol. The molecule has 9 heteroatoms. The van der Waals surface area contributed by atoms with Crippen LogP contribution < -0.4 is 15.2 Å². The van der Waals surface area contributed by atoms with Crippen molar-refractivity contribution in [2.45, 2.75) is 13.0 Å². The molecule has 0 unspecified atom stereocenters. The Kier molecular flexibility index (Phi) is 6.51. The number of halogens is 1. The number of carbonyl (C=O) groups excluding carboxylic acids is 1. The second-order valence-electron chi connectivity index (χ2n) is 6.59. The van der Waals surface area contributed by atoms with Gasteiger partial charge in [0.25, 0.3) is 0 Å².